The molecule has 0 fully saturated rings. The Bertz CT molecular complexity index is 602. The Morgan fingerprint density at radius 1 is 0.750 bits per heavy atom. The molecule has 0 heterocycles. The van der Waals surface area contributed by atoms with E-state index in [-0.39, 0.29) is 19.5 Å². The normalized spacial score (nSPS) is 11.9. The van der Waals surface area contributed by atoms with Gasteiger partial charge in [0.15, 0.2) is 0 Å². The number of ether oxygens (including phenoxy) is 3. The van der Waals surface area contributed by atoms with Crippen LogP contribution in [0.2, 0.25) is 0 Å². The standard InChI is InChI=1S/C20H34N2O6/c1-11-13-21(16(24)27-19(5,6)7)22(17(25)28-20(8,9)10)14-12-15(23)26-18(2,3)4/h1H,12-14H2,2-10H3. The molecule has 0 aliphatic carbocycles. The molecule has 0 radical (unpaired) electrons. The summed E-state index contributed by atoms with van der Waals surface area (Å²) in [5, 5.41) is 1.92. The average molecular weight is 399 g/mol. The maximum atomic E-state index is 12.7. The van der Waals surface area contributed by atoms with Gasteiger partial charge < -0.3 is 14.2 Å². The lowest BCUT2D eigenvalue weighted by atomic mass is 10.2. The van der Waals surface area contributed by atoms with Crippen molar-refractivity contribution in [3.05, 3.63) is 0 Å². The van der Waals surface area contributed by atoms with Crippen LogP contribution in [0.1, 0.15) is 68.7 Å². The molecule has 28 heavy (non-hydrogen) atoms. The Labute approximate surface area is 168 Å². The van der Waals surface area contributed by atoms with E-state index in [4.69, 9.17) is 20.6 Å². The van der Waals surface area contributed by atoms with E-state index in [1.54, 1.807) is 62.3 Å². The Hall–Kier alpha value is -2.43. The van der Waals surface area contributed by atoms with Crippen LogP contribution in [0.25, 0.3) is 0 Å². The average Bonchev–Trinajstić information content (AvgIpc) is 2.40. The molecule has 0 aromatic rings. The summed E-state index contributed by atoms with van der Waals surface area (Å²) >= 11 is 0. The SMILES string of the molecule is C#CCN(C(=O)OC(C)(C)C)N(CCC(=O)OC(C)(C)C)C(=O)OC(C)(C)C. The first kappa shape index (κ1) is 25.6. The number of hydrazine groups is 1. The molecule has 0 spiro atoms. The molecule has 0 unspecified atom stereocenters. The zero-order valence-corrected chi connectivity index (χ0v) is 18.5. The van der Waals surface area contributed by atoms with Gasteiger partial charge in [-0.25, -0.2) is 19.6 Å². The smallest absolute Gasteiger partial charge is 0.430 e. The summed E-state index contributed by atoms with van der Waals surface area (Å²) in [5.41, 5.74) is -2.27. The van der Waals surface area contributed by atoms with Crippen molar-refractivity contribution in [3.8, 4) is 12.3 Å². The summed E-state index contributed by atoms with van der Waals surface area (Å²) in [7, 11) is 0. The summed E-state index contributed by atoms with van der Waals surface area (Å²) in [4.78, 5) is 37.3. The molecule has 0 N–H and O–H groups in total. The summed E-state index contributed by atoms with van der Waals surface area (Å²) in [6.45, 7) is 15.0. The first-order valence-electron chi connectivity index (χ1n) is 9.11. The van der Waals surface area contributed by atoms with Crippen LogP contribution in [-0.4, -0.2) is 58.1 Å². The van der Waals surface area contributed by atoms with Crippen molar-refractivity contribution in [1.82, 2.24) is 10.0 Å². The topological polar surface area (TPSA) is 85.4 Å². The number of amides is 2. The third-order valence-electron chi connectivity index (χ3n) is 2.69. The van der Waals surface area contributed by atoms with Crippen molar-refractivity contribution < 1.29 is 28.6 Å². The number of carbonyl (C=O) groups excluding carboxylic acids is 3. The molecule has 0 aromatic carbocycles. The molecule has 0 aliphatic rings. The molecule has 160 valence electrons. The monoisotopic (exact) mass is 398 g/mol. The van der Waals surface area contributed by atoms with Gasteiger partial charge in [0.05, 0.1) is 13.0 Å². The second-order valence-corrected chi connectivity index (χ2v) is 9.18. The van der Waals surface area contributed by atoms with Crippen molar-refractivity contribution in [2.45, 2.75) is 85.5 Å². The molecular weight excluding hydrogens is 364 g/mol. The van der Waals surface area contributed by atoms with Gasteiger partial charge in [-0.1, -0.05) is 5.92 Å². The summed E-state index contributed by atoms with van der Waals surface area (Å²) in [5.74, 6) is 1.80. The van der Waals surface area contributed by atoms with Crippen LogP contribution in [0.3, 0.4) is 0 Å². The molecule has 0 bridgehead atoms. The zero-order chi connectivity index (χ0) is 22.3. The highest BCUT2D eigenvalue weighted by molar-refractivity contribution is 5.76. The van der Waals surface area contributed by atoms with Crippen LogP contribution in [0.4, 0.5) is 9.59 Å². The summed E-state index contributed by atoms with van der Waals surface area (Å²) in [6.07, 6.45) is 3.57. The van der Waals surface area contributed by atoms with Crippen LogP contribution in [0.15, 0.2) is 0 Å². The predicted octanol–water partition coefficient (Wildman–Crippen LogP) is 3.74. The van der Waals surface area contributed by atoms with Gasteiger partial charge in [0.2, 0.25) is 0 Å². The van der Waals surface area contributed by atoms with E-state index in [9.17, 15) is 14.4 Å². The number of hydrogen-bond acceptors (Lipinski definition) is 6. The highest BCUT2D eigenvalue weighted by atomic mass is 16.6. The maximum absolute atomic E-state index is 12.7. The molecular formula is C20H34N2O6. The van der Waals surface area contributed by atoms with Gasteiger partial charge in [0.1, 0.15) is 23.3 Å². The Balaban J connectivity index is 5.58. The van der Waals surface area contributed by atoms with Crippen molar-refractivity contribution in [3.63, 3.8) is 0 Å². The summed E-state index contributed by atoms with van der Waals surface area (Å²) < 4.78 is 15.9. The minimum absolute atomic E-state index is 0.152. The second kappa shape index (κ2) is 9.67. The molecule has 0 aromatic heterocycles. The van der Waals surface area contributed by atoms with Gasteiger partial charge in [-0.15, -0.1) is 6.42 Å². The lowest BCUT2D eigenvalue weighted by Crippen LogP contribution is -2.53. The fourth-order valence-electron chi connectivity index (χ4n) is 1.86. The van der Waals surface area contributed by atoms with Crippen LogP contribution in [0.5, 0.6) is 0 Å². The first-order chi connectivity index (χ1) is 12.4. The highest BCUT2D eigenvalue weighted by Gasteiger charge is 2.33. The number of carbonyl (C=O) groups is 3. The Morgan fingerprint density at radius 2 is 1.14 bits per heavy atom. The van der Waals surface area contributed by atoms with E-state index in [1.807, 2.05) is 0 Å². The minimum atomic E-state index is -0.822. The largest absolute Gasteiger partial charge is 0.460 e. The molecule has 0 rings (SSSR count). The van der Waals surface area contributed by atoms with Crippen molar-refractivity contribution in [2.75, 3.05) is 13.1 Å². The molecule has 0 saturated heterocycles. The molecule has 8 heteroatoms. The van der Waals surface area contributed by atoms with Gasteiger partial charge in [-0.05, 0) is 62.3 Å². The second-order valence-electron chi connectivity index (χ2n) is 9.18. The van der Waals surface area contributed by atoms with Crippen molar-refractivity contribution in [2.24, 2.45) is 0 Å². The van der Waals surface area contributed by atoms with Crippen LogP contribution in [-0.2, 0) is 19.0 Å². The van der Waals surface area contributed by atoms with E-state index in [2.05, 4.69) is 5.92 Å². The molecule has 0 aliphatic heterocycles. The number of terminal acetylenes is 1. The van der Waals surface area contributed by atoms with E-state index in [0.29, 0.717) is 0 Å². The molecule has 0 saturated carbocycles. The molecule has 0 atom stereocenters. The van der Waals surface area contributed by atoms with Gasteiger partial charge in [0, 0.05) is 0 Å². The van der Waals surface area contributed by atoms with Gasteiger partial charge >= 0.3 is 18.2 Å². The highest BCUT2D eigenvalue weighted by Crippen LogP contribution is 2.17. The summed E-state index contributed by atoms with van der Waals surface area (Å²) in [6, 6.07) is 0. The first-order valence-corrected chi connectivity index (χ1v) is 9.11. The van der Waals surface area contributed by atoms with Crippen LogP contribution in [0, 0.1) is 12.3 Å². The quantitative estimate of drug-likeness (QED) is 0.310. The predicted molar refractivity (Wildman–Crippen MR) is 105 cm³/mol. The minimum Gasteiger partial charge on any atom is -0.460 e. The van der Waals surface area contributed by atoms with Crippen LogP contribution >= 0.6 is 0 Å². The van der Waals surface area contributed by atoms with Crippen molar-refractivity contribution >= 4 is 18.2 Å². The fraction of sp³-hybridized carbons (Fsp3) is 0.750. The number of rotatable bonds is 4. The Morgan fingerprint density at radius 3 is 1.50 bits per heavy atom. The zero-order valence-electron chi connectivity index (χ0n) is 18.5. The third kappa shape index (κ3) is 11.3. The number of hydrogen-bond donors (Lipinski definition) is 0. The lowest BCUT2D eigenvalue weighted by molar-refractivity contribution is -0.156. The Kier molecular flexibility index (Phi) is 8.83. The molecule has 8 nitrogen and oxygen atoms in total. The van der Waals surface area contributed by atoms with E-state index in [1.165, 1.54) is 0 Å². The maximum Gasteiger partial charge on any atom is 0.430 e. The van der Waals surface area contributed by atoms with Gasteiger partial charge in [-0.3, -0.25) is 4.79 Å². The van der Waals surface area contributed by atoms with Crippen molar-refractivity contribution in [1.29, 1.82) is 0 Å². The number of esters is 1. The third-order valence-corrected chi connectivity index (χ3v) is 2.69. The van der Waals surface area contributed by atoms with Gasteiger partial charge in [0.25, 0.3) is 0 Å². The fourth-order valence-corrected chi connectivity index (χ4v) is 1.86. The molecule has 2 amide bonds. The van der Waals surface area contributed by atoms with E-state index >= 15 is 0 Å². The van der Waals surface area contributed by atoms with E-state index in [0.717, 1.165) is 10.0 Å². The van der Waals surface area contributed by atoms with Gasteiger partial charge in [-0.2, -0.15) is 0 Å². The van der Waals surface area contributed by atoms with Crippen LogP contribution < -0.4 is 0 Å². The number of nitrogens with zero attached hydrogens (tertiary/aromatic N) is 2. The van der Waals surface area contributed by atoms with E-state index < -0.39 is 35.0 Å². The lowest BCUT2D eigenvalue weighted by Gasteiger charge is -2.35.